The molecule has 0 amide bonds. The smallest absolute Gasteiger partial charge is 0.0614 e. The van der Waals surface area contributed by atoms with Gasteiger partial charge in [0.15, 0.2) is 0 Å². The van der Waals surface area contributed by atoms with Crippen LogP contribution in [0.4, 0.5) is 0 Å². The molecule has 120 valence electrons. The summed E-state index contributed by atoms with van der Waals surface area (Å²) >= 11 is 0. The van der Waals surface area contributed by atoms with Gasteiger partial charge in [0, 0.05) is 18.2 Å². The average Bonchev–Trinajstić information content (AvgIpc) is 2.81. The van der Waals surface area contributed by atoms with E-state index in [0.717, 1.165) is 25.9 Å². The van der Waals surface area contributed by atoms with Gasteiger partial charge in [-0.05, 0) is 25.7 Å². The summed E-state index contributed by atoms with van der Waals surface area (Å²) in [5, 5.41) is 13.2. The van der Waals surface area contributed by atoms with Crippen LogP contribution in [-0.4, -0.2) is 36.0 Å². The number of unbranched alkanes of at least 4 members (excludes halogenated alkanes) is 5. The van der Waals surface area contributed by atoms with Crippen LogP contribution in [0.15, 0.2) is 0 Å². The van der Waals surface area contributed by atoms with Crippen LogP contribution in [0.1, 0.15) is 78.6 Å². The lowest BCUT2D eigenvalue weighted by Gasteiger charge is -2.31. The van der Waals surface area contributed by atoms with Gasteiger partial charge in [-0.25, -0.2) is 0 Å². The Balaban J connectivity index is 2.11. The Labute approximate surface area is 125 Å². The molecule has 1 aliphatic carbocycles. The van der Waals surface area contributed by atoms with E-state index < -0.39 is 0 Å². The maximum absolute atomic E-state index is 9.66. The number of aliphatic hydroxyl groups is 1. The molecule has 0 saturated heterocycles. The summed E-state index contributed by atoms with van der Waals surface area (Å²) in [6.07, 6.45) is 11.3. The van der Waals surface area contributed by atoms with Crippen molar-refractivity contribution in [2.24, 2.45) is 0 Å². The highest BCUT2D eigenvalue weighted by molar-refractivity contribution is 4.97. The van der Waals surface area contributed by atoms with Crippen molar-refractivity contribution in [2.75, 3.05) is 13.2 Å². The van der Waals surface area contributed by atoms with E-state index in [0.29, 0.717) is 12.1 Å². The molecule has 0 aromatic rings. The van der Waals surface area contributed by atoms with Crippen molar-refractivity contribution in [3.63, 3.8) is 0 Å². The molecule has 1 saturated carbocycles. The summed E-state index contributed by atoms with van der Waals surface area (Å²) in [6.45, 7) is 7.65. The minimum absolute atomic E-state index is 0.0973. The third kappa shape index (κ3) is 6.55. The topological polar surface area (TPSA) is 41.5 Å². The van der Waals surface area contributed by atoms with Crippen LogP contribution in [0.2, 0.25) is 0 Å². The van der Waals surface area contributed by atoms with E-state index in [4.69, 9.17) is 4.74 Å². The molecular weight excluding hydrogens is 250 g/mol. The number of hydrogen-bond acceptors (Lipinski definition) is 3. The zero-order chi connectivity index (χ0) is 14.8. The normalized spacial score (nSPS) is 26.6. The molecule has 0 aliphatic heterocycles. The van der Waals surface area contributed by atoms with Crippen molar-refractivity contribution in [3.05, 3.63) is 0 Å². The predicted octanol–water partition coefficient (Wildman–Crippen LogP) is 3.65. The maximum atomic E-state index is 9.66. The summed E-state index contributed by atoms with van der Waals surface area (Å²) in [5.74, 6) is 0. The minimum atomic E-state index is -0.0973. The van der Waals surface area contributed by atoms with Gasteiger partial charge in [0.2, 0.25) is 0 Å². The van der Waals surface area contributed by atoms with E-state index in [9.17, 15) is 5.11 Å². The van der Waals surface area contributed by atoms with Crippen molar-refractivity contribution >= 4 is 0 Å². The molecule has 2 N–H and O–H groups in total. The summed E-state index contributed by atoms with van der Waals surface area (Å²) in [4.78, 5) is 0. The van der Waals surface area contributed by atoms with Crippen LogP contribution in [0.5, 0.6) is 0 Å². The first-order valence-corrected chi connectivity index (χ1v) is 8.62. The second-order valence-electron chi connectivity index (χ2n) is 6.74. The zero-order valence-corrected chi connectivity index (χ0v) is 13.8. The molecule has 1 fully saturated rings. The molecule has 20 heavy (non-hydrogen) atoms. The lowest BCUT2D eigenvalue weighted by Crippen LogP contribution is -2.50. The van der Waals surface area contributed by atoms with E-state index in [2.05, 4.69) is 26.1 Å². The van der Waals surface area contributed by atoms with Gasteiger partial charge in [-0.1, -0.05) is 52.9 Å². The fourth-order valence-corrected chi connectivity index (χ4v) is 3.28. The standard InChI is InChI=1S/C17H35NO2/c1-4-5-6-7-8-9-12-20-16-10-11-17(13-16,14-19)18-15(2)3/h15-16,18-19H,4-14H2,1-3H3. The fraction of sp³-hybridized carbons (Fsp3) is 1.00. The Morgan fingerprint density at radius 1 is 1.20 bits per heavy atom. The second kappa shape index (κ2) is 9.75. The van der Waals surface area contributed by atoms with Gasteiger partial charge >= 0.3 is 0 Å². The molecule has 2 atom stereocenters. The Morgan fingerprint density at radius 2 is 1.90 bits per heavy atom. The quantitative estimate of drug-likeness (QED) is 0.569. The molecule has 1 aliphatic rings. The minimum Gasteiger partial charge on any atom is -0.394 e. The summed E-state index contributed by atoms with van der Waals surface area (Å²) in [5.41, 5.74) is -0.0973. The molecule has 0 spiro atoms. The third-order valence-electron chi connectivity index (χ3n) is 4.31. The van der Waals surface area contributed by atoms with Crippen LogP contribution < -0.4 is 5.32 Å². The Bertz CT molecular complexity index is 245. The summed E-state index contributed by atoms with van der Waals surface area (Å²) < 4.78 is 6.00. The SMILES string of the molecule is CCCCCCCCOC1CCC(CO)(NC(C)C)C1. The van der Waals surface area contributed by atoms with Crippen molar-refractivity contribution in [3.8, 4) is 0 Å². The zero-order valence-electron chi connectivity index (χ0n) is 13.8. The van der Waals surface area contributed by atoms with Gasteiger partial charge in [0.05, 0.1) is 12.7 Å². The monoisotopic (exact) mass is 285 g/mol. The van der Waals surface area contributed by atoms with E-state index in [1.807, 2.05) is 0 Å². The van der Waals surface area contributed by atoms with Gasteiger partial charge in [-0.15, -0.1) is 0 Å². The highest BCUT2D eigenvalue weighted by atomic mass is 16.5. The number of aliphatic hydroxyl groups excluding tert-OH is 1. The molecule has 0 aromatic heterocycles. The number of nitrogens with one attached hydrogen (secondary N) is 1. The summed E-state index contributed by atoms with van der Waals surface area (Å²) in [7, 11) is 0. The highest BCUT2D eigenvalue weighted by Crippen LogP contribution is 2.32. The van der Waals surface area contributed by atoms with Crippen molar-refractivity contribution in [1.82, 2.24) is 5.32 Å². The molecule has 1 rings (SSSR count). The van der Waals surface area contributed by atoms with Crippen LogP contribution in [-0.2, 0) is 4.74 Å². The number of hydrogen-bond donors (Lipinski definition) is 2. The Morgan fingerprint density at radius 3 is 2.55 bits per heavy atom. The lowest BCUT2D eigenvalue weighted by atomic mass is 9.97. The first-order valence-electron chi connectivity index (χ1n) is 8.62. The van der Waals surface area contributed by atoms with Crippen molar-refractivity contribution < 1.29 is 9.84 Å². The summed E-state index contributed by atoms with van der Waals surface area (Å²) in [6, 6.07) is 0.416. The van der Waals surface area contributed by atoms with E-state index in [-0.39, 0.29) is 12.1 Å². The molecule has 0 aromatic carbocycles. The maximum Gasteiger partial charge on any atom is 0.0614 e. The molecule has 0 bridgehead atoms. The number of rotatable bonds is 11. The van der Waals surface area contributed by atoms with Crippen molar-refractivity contribution in [1.29, 1.82) is 0 Å². The van der Waals surface area contributed by atoms with E-state index >= 15 is 0 Å². The van der Waals surface area contributed by atoms with Gasteiger partial charge in [0.25, 0.3) is 0 Å². The Hall–Kier alpha value is -0.120. The van der Waals surface area contributed by atoms with Gasteiger partial charge in [-0.3, -0.25) is 0 Å². The van der Waals surface area contributed by atoms with Crippen molar-refractivity contribution in [2.45, 2.75) is 96.2 Å². The first kappa shape index (κ1) is 17.9. The predicted molar refractivity (Wildman–Crippen MR) is 85.1 cm³/mol. The third-order valence-corrected chi connectivity index (χ3v) is 4.31. The van der Waals surface area contributed by atoms with Crippen LogP contribution >= 0.6 is 0 Å². The molecule has 0 radical (unpaired) electrons. The van der Waals surface area contributed by atoms with E-state index in [1.165, 1.54) is 38.5 Å². The largest absolute Gasteiger partial charge is 0.394 e. The molecule has 3 nitrogen and oxygen atoms in total. The fourth-order valence-electron chi connectivity index (χ4n) is 3.28. The molecule has 0 heterocycles. The van der Waals surface area contributed by atoms with Crippen LogP contribution in [0.3, 0.4) is 0 Å². The van der Waals surface area contributed by atoms with Gasteiger partial charge < -0.3 is 15.2 Å². The highest BCUT2D eigenvalue weighted by Gasteiger charge is 2.39. The lowest BCUT2D eigenvalue weighted by molar-refractivity contribution is 0.0434. The molecule has 2 unspecified atom stereocenters. The van der Waals surface area contributed by atoms with Crippen LogP contribution in [0.25, 0.3) is 0 Å². The van der Waals surface area contributed by atoms with Gasteiger partial charge in [-0.2, -0.15) is 0 Å². The van der Waals surface area contributed by atoms with Crippen LogP contribution in [0, 0.1) is 0 Å². The second-order valence-corrected chi connectivity index (χ2v) is 6.74. The molecule has 3 heteroatoms. The van der Waals surface area contributed by atoms with E-state index in [1.54, 1.807) is 0 Å². The van der Waals surface area contributed by atoms with Gasteiger partial charge in [0.1, 0.15) is 0 Å². The average molecular weight is 285 g/mol. The first-order chi connectivity index (χ1) is 9.62. The number of ether oxygens (including phenoxy) is 1. The molecular formula is C17H35NO2. The Kier molecular flexibility index (Phi) is 8.74.